The lowest BCUT2D eigenvalue weighted by atomic mass is 10.3. The molecule has 0 rings (SSSR count). The Balaban J connectivity index is 3.94. The zero-order valence-corrected chi connectivity index (χ0v) is 9.41. The van der Waals surface area contributed by atoms with Gasteiger partial charge in [-0.1, -0.05) is 0 Å². The Morgan fingerprint density at radius 1 is 1.33 bits per heavy atom. The highest BCUT2D eigenvalue weighted by Crippen LogP contribution is 1.95. The van der Waals surface area contributed by atoms with Crippen LogP contribution in [0.4, 0.5) is 0 Å². The molecule has 3 N–H and O–H groups in total. The quantitative estimate of drug-likeness (QED) is 0.508. The molecule has 0 fully saturated rings. The molecule has 0 aromatic rings. The number of carbonyl (C=O) groups is 2. The van der Waals surface area contributed by atoms with Gasteiger partial charge in [0.25, 0.3) is 5.91 Å². The van der Waals surface area contributed by atoms with Gasteiger partial charge in [0.1, 0.15) is 0 Å². The summed E-state index contributed by atoms with van der Waals surface area (Å²) in [5, 5.41) is 8.77. The van der Waals surface area contributed by atoms with Crippen LogP contribution in [0.15, 0.2) is 0 Å². The molecular weight excluding hydrogens is 198 g/mol. The van der Waals surface area contributed by atoms with Crippen LogP contribution in [0.25, 0.3) is 0 Å². The largest absolute Gasteiger partial charge is 0.395 e. The standard InChI is InChI=1S/C9H19N3O3/c1-7(2)12(4-5-13)6-9(15)11-10-8(3)14/h7,13H,4-6H2,1-3H3,(H,10,14)(H,11,15). The monoisotopic (exact) mass is 217 g/mol. The smallest absolute Gasteiger partial charge is 0.252 e. The summed E-state index contributed by atoms with van der Waals surface area (Å²) in [6.45, 7) is 5.77. The van der Waals surface area contributed by atoms with Crippen LogP contribution in [0.2, 0.25) is 0 Å². The van der Waals surface area contributed by atoms with Crippen molar-refractivity contribution in [2.45, 2.75) is 26.8 Å². The normalized spacial score (nSPS) is 10.5. The SMILES string of the molecule is CC(=O)NNC(=O)CN(CCO)C(C)C. The van der Waals surface area contributed by atoms with E-state index in [1.807, 2.05) is 13.8 Å². The van der Waals surface area contributed by atoms with E-state index in [9.17, 15) is 9.59 Å². The average Bonchev–Trinajstić information content (AvgIpc) is 2.14. The van der Waals surface area contributed by atoms with Gasteiger partial charge in [0.2, 0.25) is 5.91 Å². The van der Waals surface area contributed by atoms with Crippen LogP contribution in [0, 0.1) is 0 Å². The van der Waals surface area contributed by atoms with Crippen molar-refractivity contribution in [3.63, 3.8) is 0 Å². The first-order valence-electron chi connectivity index (χ1n) is 4.87. The third-order valence-corrected chi connectivity index (χ3v) is 1.84. The van der Waals surface area contributed by atoms with Crippen molar-refractivity contribution in [2.75, 3.05) is 19.7 Å². The maximum absolute atomic E-state index is 11.3. The van der Waals surface area contributed by atoms with Gasteiger partial charge in [-0.05, 0) is 13.8 Å². The number of aliphatic hydroxyl groups excluding tert-OH is 1. The third kappa shape index (κ3) is 6.87. The van der Waals surface area contributed by atoms with Crippen molar-refractivity contribution in [1.82, 2.24) is 15.8 Å². The minimum absolute atomic E-state index is 0.00555. The first kappa shape index (κ1) is 13.9. The summed E-state index contributed by atoms with van der Waals surface area (Å²) in [6, 6.07) is 0.167. The van der Waals surface area contributed by atoms with Crippen molar-refractivity contribution in [1.29, 1.82) is 0 Å². The van der Waals surface area contributed by atoms with Crippen LogP contribution in [0.1, 0.15) is 20.8 Å². The number of rotatable bonds is 5. The summed E-state index contributed by atoms with van der Waals surface area (Å²) in [6.07, 6.45) is 0. The van der Waals surface area contributed by atoms with Crippen LogP contribution in [-0.2, 0) is 9.59 Å². The number of hydrogen-bond acceptors (Lipinski definition) is 4. The zero-order valence-electron chi connectivity index (χ0n) is 9.41. The molecule has 0 atom stereocenters. The van der Waals surface area contributed by atoms with E-state index in [1.165, 1.54) is 6.92 Å². The number of carbonyl (C=O) groups excluding carboxylic acids is 2. The molecule has 0 saturated carbocycles. The van der Waals surface area contributed by atoms with Gasteiger partial charge in [-0.15, -0.1) is 0 Å². The van der Waals surface area contributed by atoms with Crippen LogP contribution < -0.4 is 10.9 Å². The lowest BCUT2D eigenvalue weighted by molar-refractivity contribution is -0.128. The number of hydrazine groups is 1. The second-order valence-corrected chi connectivity index (χ2v) is 3.52. The minimum Gasteiger partial charge on any atom is -0.395 e. The van der Waals surface area contributed by atoms with Gasteiger partial charge >= 0.3 is 0 Å². The van der Waals surface area contributed by atoms with E-state index in [1.54, 1.807) is 4.90 Å². The molecule has 2 amide bonds. The van der Waals surface area contributed by atoms with Crippen molar-refractivity contribution in [2.24, 2.45) is 0 Å². The van der Waals surface area contributed by atoms with E-state index >= 15 is 0 Å². The molecule has 88 valence electrons. The minimum atomic E-state index is -0.318. The molecule has 0 spiro atoms. The first-order valence-corrected chi connectivity index (χ1v) is 4.87. The van der Waals surface area contributed by atoms with E-state index in [0.29, 0.717) is 6.54 Å². The van der Waals surface area contributed by atoms with Crippen molar-refractivity contribution >= 4 is 11.8 Å². The molecule has 6 nitrogen and oxygen atoms in total. The molecule has 0 bridgehead atoms. The molecule has 0 aromatic carbocycles. The number of nitrogens with one attached hydrogen (secondary N) is 2. The highest BCUT2D eigenvalue weighted by atomic mass is 16.3. The molecule has 0 unspecified atom stereocenters. The molecule has 0 aliphatic rings. The lowest BCUT2D eigenvalue weighted by Crippen LogP contribution is -2.47. The fraction of sp³-hybridized carbons (Fsp3) is 0.778. The Hall–Kier alpha value is -1.14. The topological polar surface area (TPSA) is 81.7 Å². The Bertz CT molecular complexity index is 219. The lowest BCUT2D eigenvalue weighted by Gasteiger charge is -2.24. The van der Waals surface area contributed by atoms with Gasteiger partial charge < -0.3 is 5.11 Å². The molecule has 0 radical (unpaired) electrons. The zero-order chi connectivity index (χ0) is 11.8. The van der Waals surface area contributed by atoms with Gasteiger partial charge in [-0.3, -0.25) is 25.3 Å². The Morgan fingerprint density at radius 2 is 1.93 bits per heavy atom. The van der Waals surface area contributed by atoms with Crippen LogP contribution in [0.3, 0.4) is 0 Å². The van der Waals surface area contributed by atoms with Crippen molar-refractivity contribution in [3.8, 4) is 0 Å². The molecule has 6 heteroatoms. The predicted molar refractivity (Wildman–Crippen MR) is 55.8 cm³/mol. The van der Waals surface area contributed by atoms with E-state index < -0.39 is 0 Å². The van der Waals surface area contributed by atoms with E-state index in [0.717, 1.165) is 0 Å². The molecule has 0 aromatic heterocycles. The highest BCUT2D eigenvalue weighted by Gasteiger charge is 2.13. The summed E-state index contributed by atoms with van der Waals surface area (Å²) in [5.41, 5.74) is 4.47. The number of hydrogen-bond donors (Lipinski definition) is 3. The van der Waals surface area contributed by atoms with E-state index in [2.05, 4.69) is 10.9 Å². The first-order chi connectivity index (χ1) is 6.97. The van der Waals surface area contributed by atoms with Gasteiger partial charge in [0.15, 0.2) is 0 Å². The van der Waals surface area contributed by atoms with Crippen LogP contribution >= 0.6 is 0 Å². The van der Waals surface area contributed by atoms with Gasteiger partial charge in [0.05, 0.1) is 13.2 Å². The van der Waals surface area contributed by atoms with Crippen LogP contribution in [-0.4, -0.2) is 47.6 Å². The average molecular weight is 217 g/mol. The summed E-state index contributed by atoms with van der Waals surface area (Å²) in [5.74, 6) is -0.617. The molecular formula is C9H19N3O3. The Morgan fingerprint density at radius 3 is 2.33 bits per heavy atom. The maximum atomic E-state index is 11.3. The third-order valence-electron chi connectivity index (χ3n) is 1.84. The summed E-state index contributed by atoms with van der Waals surface area (Å²) >= 11 is 0. The number of amides is 2. The molecule has 0 aliphatic carbocycles. The highest BCUT2D eigenvalue weighted by molar-refractivity contribution is 5.81. The molecule has 15 heavy (non-hydrogen) atoms. The number of aliphatic hydroxyl groups is 1. The van der Waals surface area contributed by atoms with Gasteiger partial charge in [0, 0.05) is 19.5 Å². The second-order valence-electron chi connectivity index (χ2n) is 3.52. The fourth-order valence-electron chi connectivity index (χ4n) is 1.03. The fourth-order valence-corrected chi connectivity index (χ4v) is 1.03. The van der Waals surface area contributed by atoms with Gasteiger partial charge in [-0.2, -0.15) is 0 Å². The van der Waals surface area contributed by atoms with Crippen molar-refractivity contribution in [3.05, 3.63) is 0 Å². The van der Waals surface area contributed by atoms with E-state index in [4.69, 9.17) is 5.11 Å². The summed E-state index contributed by atoms with van der Waals surface area (Å²) in [4.78, 5) is 23.6. The Labute approximate surface area is 89.6 Å². The predicted octanol–water partition coefficient (Wildman–Crippen LogP) is -1.14. The second kappa shape index (κ2) is 7.19. The van der Waals surface area contributed by atoms with Gasteiger partial charge in [-0.25, -0.2) is 0 Å². The van der Waals surface area contributed by atoms with Crippen LogP contribution in [0.5, 0.6) is 0 Å². The molecule has 0 heterocycles. The van der Waals surface area contributed by atoms with E-state index in [-0.39, 0.29) is 31.0 Å². The molecule has 0 saturated heterocycles. The maximum Gasteiger partial charge on any atom is 0.252 e. The number of nitrogens with zero attached hydrogens (tertiary/aromatic N) is 1. The molecule has 0 aliphatic heterocycles. The summed E-state index contributed by atoms with van der Waals surface area (Å²) < 4.78 is 0. The summed E-state index contributed by atoms with van der Waals surface area (Å²) in [7, 11) is 0. The van der Waals surface area contributed by atoms with Crippen molar-refractivity contribution < 1.29 is 14.7 Å². The Kier molecular flexibility index (Phi) is 6.64.